The maximum atomic E-state index is 13.7. The van der Waals surface area contributed by atoms with Gasteiger partial charge in [-0.2, -0.15) is 0 Å². The molecule has 126 valence electrons. The lowest BCUT2D eigenvalue weighted by Crippen LogP contribution is -2.34. The average molecular weight is 330 g/mol. The third kappa shape index (κ3) is 3.33. The first-order chi connectivity index (χ1) is 11.6. The first kappa shape index (κ1) is 16.3. The van der Waals surface area contributed by atoms with Crippen LogP contribution in [-0.2, 0) is 0 Å². The van der Waals surface area contributed by atoms with E-state index in [1.165, 1.54) is 12.1 Å². The van der Waals surface area contributed by atoms with Crippen LogP contribution in [0, 0.1) is 5.82 Å². The van der Waals surface area contributed by atoms with E-state index in [2.05, 4.69) is 5.32 Å². The van der Waals surface area contributed by atoms with E-state index in [9.17, 15) is 9.18 Å². The summed E-state index contributed by atoms with van der Waals surface area (Å²) in [6, 6.07) is 11.6. The number of carbonyl (C=O) groups is 1. The fourth-order valence-electron chi connectivity index (χ4n) is 2.65. The molecule has 24 heavy (non-hydrogen) atoms. The smallest absolute Gasteiger partial charge is 0.254 e. The van der Waals surface area contributed by atoms with E-state index >= 15 is 0 Å². The molecule has 5 nitrogen and oxygen atoms in total. The Kier molecular flexibility index (Phi) is 4.66. The first-order valence-electron chi connectivity index (χ1n) is 7.65. The third-order valence-electron chi connectivity index (χ3n) is 3.98. The Morgan fingerprint density at radius 1 is 1.21 bits per heavy atom. The van der Waals surface area contributed by atoms with Gasteiger partial charge in [-0.15, -0.1) is 0 Å². The summed E-state index contributed by atoms with van der Waals surface area (Å²) in [7, 11) is 3.84. The van der Waals surface area contributed by atoms with Gasteiger partial charge in [0, 0.05) is 6.54 Å². The lowest BCUT2D eigenvalue weighted by atomic mass is 10.0. The van der Waals surface area contributed by atoms with Crippen molar-refractivity contribution in [2.24, 2.45) is 0 Å². The highest BCUT2D eigenvalue weighted by Gasteiger charge is 2.21. The maximum absolute atomic E-state index is 13.7. The zero-order valence-electron chi connectivity index (χ0n) is 13.6. The van der Waals surface area contributed by atoms with Crippen LogP contribution in [0.1, 0.15) is 22.0 Å². The number of likely N-dealkylation sites (N-methyl/N-ethyl adjacent to an activating group) is 1. The number of rotatable bonds is 5. The van der Waals surface area contributed by atoms with Gasteiger partial charge < -0.3 is 19.7 Å². The number of halogens is 1. The minimum absolute atomic E-state index is 0.0423. The molecule has 0 radical (unpaired) electrons. The summed E-state index contributed by atoms with van der Waals surface area (Å²) in [4.78, 5) is 14.2. The molecule has 1 N–H and O–H groups in total. The van der Waals surface area contributed by atoms with Gasteiger partial charge in [-0.1, -0.05) is 18.2 Å². The standard InChI is InChI=1S/C18H19FN2O3/c1-21(2)15(12-7-8-16-17(9-12)24-11-23-16)10-20-18(22)13-5-3-4-6-14(13)19/h3-9,15H,10-11H2,1-2H3,(H,20,22). The summed E-state index contributed by atoms with van der Waals surface area (Å²) in [6.45, 7) is 0.565. The second-order valence-electron chi connectivity index (χ2n) is 5.78. The number of nitrogens with zero attached hydrogens (tertiary/aromatic N) is 1. The number of ether oxygens (including phenoxy) is 2. The monoisotopic (exact) mass is 330 g/mol. The first-order valence-corrected chi connectivity index (χ1v) is 7.65. The van der Waals surface area contributed by atoms with Crippen LogP contribution in [0.4, 0.5) is 4.39 Å². The largest absolute Gasteiger partial charge is 0.454 e. The molecule has 1 heterocycles. The summed E-state index contributed by atoms with van der Waals surface area (Å²) < 4.78 is 24.4. The number of hydrogen-bond acceptors (Lipinski definition) is 4. The van der Waals surface area contributed by atoms with Crippen LogP contribution >= 0.6 is 0 Å². The molecule has 1 aliphatic heterocycles. The molecule has 1 amide bonds. The van der Waals surface area contributed by atoms with E-state index < -0.39 is 11.7 Å². The van der Waals surface area contributed by atoms with Gasteiger partial charge in [0.25, 0.3) is 5.91 Å². The molecule has 2 aromatic carbocycles. The maximum Gasteiger partial charge on any atom is 0.254 e. The van der Waals surface area contributed by atoms with Crippen molar-refractivity contribution in [3.8, 4) is 11.5 Å². The predicted molar refractivity (Wildman–Crippen MR) is 87.7 cm³/mol. The van der Waals surface area contributed by atoms with Crippen molar-refractivity contribution in [3.63, 3.8) is 0 Å². The Bertz CT molecular complexity index is 749. The molecule has 0 saturated heterocycles. The molecular formula is C18H19FN2O3. The summed E-state index contributed by atoms with van der Waals surface area (Å²) in [5.74, 6) is 0.451. The van der Waals surface area contributed by atoms with Crippen molar-refractivity contribution in [2.75, 3.05) is 27.4 Å². The van der Waals surface area contributed by atoms with E-state index in [0.717, 1.165) is 5.56 Å². The fourth-order valence-corrected chi connectivity index (χ4v) is 2.65. The van der Waals surface area contributed by atoms with Crippen molar-refractivity contribution < 1.29 is 18.7 Å². The highest BCUT2D eigenvalue weighted by atomic mass is 19.1. The van der Waals surface area contributed by atoms with Gasteiger partial charge in [0.2, 0.25) is 6.79 Å². The highest BCUT2D eigenvalue weighted by molar-refractivity contribution is 5.94. The highest BCUT2D eigenvalue weighted by Crippen LogP contribution is 2.34. The van der Waals surface area contributed by atoms with Crippen LogP contribution in [0.3, 0.4) is 0 Å². The third-order valence-corrected chi connectivity index (χ3v) is 3.98. The second kappa shape index (κ2) is 6.88. The van der Waals surface area contributed by atoms with Crippen molar-refractivity contribution in [1.82, 2.24) is 10.2 Å². The van der Waals surface area contributed by atoms with Crippen LogP contribution < -0.4 is 14.8 Å². The van der Waals surface area contributed by atoms with Crippen LogP contribution in [0.2, 0.25) is 0 Å². The SMILES string of the molecule is CN(C)C(CNC(=O)c1ccccc1F)c1ccc2c(c1)OCO2. The summed E-state index contributed by atoms with van der Waals surface area (Å²) in [5, 5.41) is 2.79. The normalized spacial score (nSPS) is 13.8. The molecule has 6 heteroatoms. The molecule has 1 atom stereocenters. The van der Waals surface area contributed by atoms with Gasteiger partial charge in [-0.3, -0.25) is 4.79 Å². The molecule has 3 rings (SSSR count). The molecule has 0 aromatic heterocycles. The van der Waals surface area contributed by atoms with Crippen LogP contribution in [0.5, 0.6) is 11.5 Å². The Balaban J connectivity index is 1.73. The Labute approximate surface area is 140 Å². The van der Waals surface area contributed by atoms with E-state index in [1.807, 2.05) is 37.2 Å². The fraction of sp³-hybridized carbons (Fsp3) is 0.278. The zero-order valence-corrected chi connectivity index (χ0v) is 13.6. The van der Waals surface area contributed by atoms with Gasteiger partial charge in [-0.05, 0) is 43.9 Å². The molecule has 0 aliphatic carbocycles. The summed E-state index contributed by atoms with van der Waals surface area (Å²) >= 11 is 0. The van der Waals surface area contributed by atoms with Gasteiger partial charge >= 0.3 is 0 Å². The Hall–Kier alpha value is -2.60. The molecule has 2 aromatic rings. The molecule has 1 unspecified atom stereocenters. The van der Waals surface area contributed by atoms with Crippen molar-refractivity contribution in [1.29, 1.82) is 0 Å². The Morgan fingerprint density at radius 3 is 2.71 bits per heavy atom. The molecular weight excluding hydrogens is 311 g/mol. The molecule has 0 fully saturated rings. The van der Waals surface area contributed by atoms with Crippen molar-refractivity contribution >= 4 is 5.91 Å². The van der Waals surface area contributed by atoms with Gasteiger partial charge in [0.05, 0.1) is 11.6 Å². The lowest BCUT2D eigenvalue weighted by Gasteiger charge is -2.25. The van der Waals surface area contributed by atoms with E-state index in [-0.39, 0.29) is 18.4 Å². The molecule has 1 aliphatic rings. The van der Waals surface area contributed by atoms with E-state index in [1.54, 1.807) is 12.1 Å². The van der Waals surface area contributed by atoms with Gasteiger partial charge in [0.1, 0.15) is 5.82 Å². The molecule has 0 spiro atoms. The van der Waals surface area contributed by atoms with Crippen LogP contribution in [-0.4, -0.2) is 38.2 Å². The minimum Gasteiger partial charge on any atom is -0.454 e. The van der Waals surface area contributed by atoms with Gasteiger partial charge in [-0.25, -0.2) is 4.39 Å². The number of fused-ring (bicyclic) bond motifs is 1. The number of hydrogen-bond donors (Lipinski definition) is 1. The van der Waals surface area contributed by atoms with Crippen LogP contribution in [0.15, 0.2) is 42.5 Å². The Morgan fingerprint density at radius 2 is 1.96 bits per heavy atom. The van der Waals surface area contributed by atoms with Crippen molar-refractivity contribution in [2.45, 2.75) is 6.04 Å². The second-order valence-corrected chi connectivity index (χ2v) is 5.78. The minimum atomic E-state index is -0.528. The van der Waals surface area contributed by atoms with Crippen LogP contribution in [0.25, 0.3) is 0 Å². The quantitative estimate of drug-likeness (QED) is 0.915. The number of amides is 1. The predicted octanol–water partition coefficient (Wildman–Crippen LogP) is 2.59. The summed E-state index contributed by atoms with van der Waals surface area (Å²) in [5.41, 5.74) is 1.03. The zero-order chi connectivity index (χ0) is 17.1. The number of benzene rings is 2. The molecule has 0 saturated carbocycles. The average Bonchev–Trinajstić information content (AvgIpc) is 3.02. The topological polar surface area (TPSA) is 50.8 Å². The number of nitrogens with one attached hydrogen (secondary N) is 1. The summed E-state index contributed by atoms with van der Waals surface area (Å²) in [6.07, 6.45) is 0. The van der Waals surface area contributed by atoms with Gasteiger partial charge in [0.15, 0.2) is 11.5 Å². The van der Waals surface area contributed by atoms with E-state index in [4.69, 9.17) is 9.47 Å². The van der Waals surface area contributed by atoms with E-state index in [0.29, 0.717) is 18.0 Å². The molecule has 0 bridgehead atoms. The lowest BCUT2D eigenvalue weighted by molar-refractivity contribution is 0.0938. The number of carbonyl (C=O) groups excluding carboxylic acids is 1. The van der Waals surface area contributed by atoms with Crippen molar-refractivity contribution in [3.05, 3.63) is 59.4 Å².